The number of hydrogen-bond donors (Lipinski definition) is 1. The third-order valence-corrected chi connectivity index (χ3v) is 6.55. The summed E-state index contributed by atoms with van der Waals surface area (Å²) < 4.78 is 1.17. The van der Waals surface area contributed by atoms with E-state index in [1.165, 1.54) is 41.5 Å². The maximum absolute atomic E-state index is 6.29. The Labute approximate surface area is 135 Å². The highest BCUT2D eigenvalue weighted by Crippen LogP contribution is 2.36. The third-order valence-electron chi connectivity index (χ3n) is 4.79. The van der Waals surface area contributed by atoms with Crippen LogP contribution in [0.15, 0.2) is 15.9 Å². The summed E-state index contributed by atoms with van der Waals surface area (Å²) >= 11 is 5.38. The topological polar surface area (TPSA) is 29.3 Å². The lowest BCUT2D eigenvalue weighted by Crippen LogP contribution is -2.44. The molecular weight excluding hydrogens is 332 g/mol. The Morgan fingerprint density at radius 2 is 2.05 bits per heavy atom. The number of nitrogens with two attached hydrogens (primary N) is 1. The molecule has 114 valence electrons. The van der Waals surface area contributed by atoms with E-state index in [2.05, 4.69) is 53.2 Å². The smallest absolute Gasteiger partial charge is 0.0591 e. The standard InChI is InChI=1S/C16H27BrN2S/c1-4-12-5-7-14(8-6-12)19(3)16(11(2)18)15-9-13(17)10-20-15/h9-12,14,16H,4-8,18H2,1-3H3. The van der Waals surface area contributed by atoms with Gasteiger partial charge >= 0.3 is 0 Å². The van der Waals surface area contributed by atoms with Crippen molar-refractivity contribution in [3.05, 3.63) is 20.8 Å². The van der Waals surface area contributed by atoms with E-state index in [0.717, 1.165) is 5.92 Å². The highest BCUT2D eigenvalue weighted by atomic mass is 79.9. The first-order chi connectivity index (χ1) is 9.52. The number of nitrogens with zero attached hydrogens (tertiary/aromatic N) is 1. The average Bonchev–Trinajstić information content (AvgIpc) is 2.85. The largest absolute Gasteiger partial charge is 0.326 e. The molecule has 2 rings (SSSR count). The Morgan fingerprint density at radius 3 is 2.50 bits per heavy atom. The predicted molar refractivity (Wildman–Crippen MR) is 92.2 cm³/mol. The van der Waals surface area contributed by atoms with E-state index in [1.807, 2.05) is 11.3 Å². The van der Waals surface area contributed by atoms with Crippen LogP contribution in [-0.4, -0.2) is 24.0 Å². The van der Waals surface area contributed by atoms with Gasteiger partial charge in [0.15, 0.2) is 0 Å². The van der Waals surface area contributed by atoms with Gasteiger partial charge in [-0.2, -0.15) is 0 Å². The fraction of sp³-hybridized carbons (Fsp3) is 0.750. The molecule has 1 aliphatic rings. The molecule has 4 heteroatoms. The lowest BCUT2D eigenvalue weighted by molar-refractivity contribution is 0.109. The Morgan fingerprint density at radius 1 is 1.40 bits per heavy atom. The fourth-order valence-corrected chi connectivity index (χ4v) is 5.21. The van der Waals surface area contributed by atoms with Crippen LogP contribution >= 0.6 is 27.3 Å². The summed E-state index contributed by atoms with van der Waals surface area (Å²) in [7, 11) is 2.26. The second-order valence-corrected chi connectivity index (χ2v) is 8.08. The van der Waals surface area contributed by atoms with Gasteiger partial charge < -0.3 is 5.73 Å². The van der Waals surface area contributed by atoms with Crippen LogP contribution in [0.25, 0.3) is 0 Å². The van der Waals surface area contributed by atoms with Gasteiger partial charge in [-0.15, -0.1) is 11.3 Å². The number of halogens is 1. The zero-order valence-corrected chi connectivity index (χ0v) is 15.2. The van der Waals surface area contributed by atoms with E-state index in [1.54, 1.807) is 0 Å². The number of hydrogen-bond acceptors (Lipinski definition) is 3. The fourth-order valence-electron chi connectivity index (χ4n) is 3.50. The van der Waals surface area contributed by atoms with Crippen LogP contribution in [0.5, 0.6) is 0 Å². The van der Waals surface area contributed by atoms with Crippen LogP contribution in [-0.2, 0) is 0 Å². The summed E-state index contributed by atoms with van der Waals surface area (Å²) in [6.45, 7) is 4.45. The molecule has 0 bridgehead atoms. The second kappa shape index (κ2) is 7.39. The second-order valence-electron chi connectivity index (χ2n) is 6.22. The maximum Gasteiger partial charge on any atom is 0.0591 e. The van der Waals surface area contributed by atoms with Crippen molar-refractivity contribution < 1.29 is 0 Å². The molecule has 0 saturated heterocycles. The molecule has 1 aromatic rings. The van der Waals surface area contributed by atoms with Gasteiger partial charge in [0, 0.05) is 26.8 Å². The number of likely N-dealkylation sites (N-methyl/N-ethyl adjacent to an activating group) is 1. The minimum absolute atomic E-state index is 0.162. The molecule has 0 spiro atoms. The summed E-state index contributed by atoms with van der Waals surface area (Å²) in [4.78, 5) is 3.92. The summed E-state index contributed by atoms with van der Waals surface area (Å²) in [5.41, 5.74) is 6.29. The van der Waals surface area contributed by atoms with Gasteiger partial charge in [-0.25, -0.2) is 0 Å². The van der Waals surface area contributed by atoms with E-state index in [9.17, 15) is 0 Å². The van der Waals surface area contributed by atoms with Crippen molar-refractivity contribution in [3.63, 3.8) is 0 Å². The van der Waals surface area contributed by atoms with Gasteiger partial charge in [0.2, 0.25) is 0 Å². The van der Waals surface area contributed by atoms with Crippen LogP contribution < -0.4 is 5.73 Å². The highest BCUT2D eigenvalue weighted by Gasteiger charge is 2.30. The van der Waals surface area contributed by atoms with Gasteiger partial charge in [0.05, 0.1) is 6.04 Å². The van der Waals surface area contributed by atoms with E-state index in [4.69, 9.17) is 5.73 Å². The summed E-state index contributed by atoms with van der Waals surface area (Å²) in [6.07, 6.45) is 6.75. The van der Waals surface area contributed by atoms with Crippen LogP contribution in [0.3, 0.4) is 0 Å². The molecule has 2 nitrogen and oxygen atoms in total. The Kier molecular flexibility index (Phi) is 6.09. The predicted octanol–water partition coefficient (Wildman–Crippen LogP) is 4.80. The van der Waals surface area contributed by atoms with Crippen LogP contribution in [0.4, 0.5) is 0 Å². The van der Waals surface area contributed by atoms with Gasteiger partial charge in [-0.05, 0) is 67.6 Å². The normalized spacial score (nSPS) is 26.7. The van der Waals surface area contributed by atoms with Crippen molar-refractivity contribution in [1.82, 2.24) is 4.90 Å². The van der Waals surface area contributed by atoms with Crippen molar-refractivity contribution in [2.24, 2.45) is 11.7 Å². The number of rotatable bonds is 5. The quantitative estimate of drug-likeness (QED) is 0.818. The van der Waals surface area contributed by atoms with Crippen molar-refractivity contribution in [2.75, 3.05) is 7.05 Å². The van der Waals surface area contributed by atoms with Gasteiger partial charge in [0.25, 0.3) is 0 Å². The summed E-state index contributed by atoms with van der Waals surface area (Å²) in [6, 6.07) is 3.42. The molecule has 0 aromatic carbocycles. The van der Waals surface area contributed by atoms with Crippen molar-refractivity contribution in [2.45, 2.75) is 64.1 Å². The van der Waals surface area contributed by atoms with Gasteiger partial charge in [0.1, 0.15) is 0 Å². The zero-order chi connectivity index (χ0) is 14.7. The monoisotopic (exact) mass is 358 g/mol. The minimum Gasteiger partial charge on any atom is -0.326 e. The molecule has 1 fully saturated rings. The van der Waals surface area contributed by atoms with Crippen LogP contribution in [0.2, 0.25) is 0 Å². The van der Waals surface area contributed by atoms with Crippen LogP contribution in [0.1, 0.15) is 56.9 Å². The highest BCUT2D eigenvalue weighted by molar-refractivity contribution is 9.10. The summed E-state index contributed by atoms with van der Waals surface area (Å²) in [5, 5.41) is 2.16. The molecule has 1 aliphatic carbocycles. The van der Waals surface area contributed by atoms with Gasteiger partial charge in [-0.3, -0.25) is 4.90 Å². The Bertz CT molecular complexity index is 410. The SMILES string of the molecule is CCC1CCC(N(C)C(c2cc(Br)cs2)C(C)N)CC1. The molecule has 0 amide bonds. The molecule has 0 radical (unpaired) electrons. The summed E-state index contributed by atoms with van der Waals surface area (Å²) in [5.74, 6) is 0.948. The van der Waals surface area contributed by atoms with Gasteiger partial charge in [-0.1, -0.05) is 13.3 Å². The molecule has 1 heterocycles. The molecule has 20 heavy (non-hydrogen) atoms. The molecule has 2 atom stereocenters. The van der Waals surface area contributed by atoms with Crippen molar-refractivity contribution >= 4 is 27.3 Å². The lowest BCUT2D eigenvalue weighted by Gasteiger charge is -2.40. The molecular formula is C16H27BrN2S. The van der Waals surface area contributed by atoms with E-state index >= 15 is 0 Å². The van der Waals surface area contributed by atoms with E-state index < -0.39 is 0 Å². The minimum atomic E-state index is 0.162. The molecule has 1 aromatic heterocycles. The molecule has 0 aliphatic heterocycles. The number of thiophene rings is 1. The molecule has 2 unspecified atom stereocenters. The van der Waals surface area contributed by atoms with Crippen molar-refractivity contribution in [3.8, 4) is 0 Å². The average molecular weight is 359 g/mol. The van der Waals surface area contributed by atoms with Crippen LogP contribution in [0, 0.1) is 5.92 Å². The van der Waals surface area contributed by atoms with E-state index in [-0.39, 0.29) is 6.04 Å². The Balaban J connectivity index is 2.06. The first-order valence-corrected chi connectivity index (χ1v) is 9.41. The Hall–Kier alpha value is 0.1000. The maximum atomic E-state index is 6.29. The first kappa shape index (κ1) is 16.5. The molecule has 1 saturated carbocycles. The lowest BCUT2D eigenvalue weighted by atomic mass is 9.83. The third kappa shape index (κ3) is 3.85. The first-order valence-electron chi connectivity index (χ1n) is 7.74. The zero-order valence-electron chi connectivity index (χ0n) is 12.8. The molecule has 2 N–H and O–H groups in total. The van der Waals surface area contributed by atoms with E-state index in [0.29, 0.717) is 12.1 Å². The van der Waals surface area contributed by atoms with Crippen molar-refractivity contribution in [1.29, 1.82) is 0 Å².